The molecule has 0 spiro atoms. The lowest BCUT2D eigenvalue weighted by atomic mass is 10.1. The summed E-state index contributed by atoms with van der Waals surface area (Å²) < 4.78 is 27.5. The van der Waals surface area contributed by atoms with Gasteiger partial charge in [0.2, 0.25) is 10.0 Å². The number of carbonyl (C=O) groups excluding carboxylic acids is 1. The molecule has 0 aromatic heterocycles. The first-order valence-corrected chi connectivity index (χ1v) is 9.75. The zero-order chi connectivity index (χ0) is 17.0. The van der Waals surface area contributed by atoms with Crippen molar-refractivity contribution < 1.29 is 13.2 Å². The monoisotopic (exact) mass is 338 g/mol. The summed E-state index contributed by atoms with van der Waals surface area (Å²) in [6.45, 7) is 7.09. The number of sulfonamides is 1. The number of hydrogen-bond acceptors (Lipinski definition) is 3. The maximum atomic E-state index is 12.7. The van der Waals surface area contributed by atoms with E-state index in [9.17, 15) is 13.2 Å². The molecule has 0 radical (unpaired) electrons. The third-order valence-electron chi connectivity index (χ3n) is 4.36. The van der Waals surface area contributed by atoms with E-state index in [0.717, 1.165) is 37.9 Å². The molecular formula is C17H26N2O3S. The molecule has 128 valence electrons. The molecule has 0 aliphatic carbocycles. The van der Waals surface area contributed by atoms with Crippen LogP contribution in [-0.2, 0) is 10.0 Å². The lowest BCUT2D eigenvalue weighted by Crippen LogP contribution is -2.36. The van der Waals surface area contributed by atoms with Gasteiger partial charge in [0, 0.05) is 24.7 Å². The zero-order valence-corrected chi connectivity index (χ0v) is 14.9. The summed E-state index contributed by atoms with van der Waals surface area (Å²) in [5.41, 5.74) is 1.29. The van der Waals surface area contributed by atoms with Gasteiger partial charge in [-0.25, -0.2) is 13.1 Å². The van der Waals surface area contributed by atoms with Crippen LogP contribution in [0.15, 0.2) is 23.1 Å². The van der Waals surface area contributed by atoms with Gasteiger partial charge >= 0.3 is 0 Å². The van der Waals surface area contributed by atoms with Gasteiger partial charge in [0.15, 0.2) is 0 Å². The number of likely N-dealkylation sites (tertiary alicyclic amines) is 1. The molecule has 1 amide bonds. The molecular weight excluding hydrogens is 312 g/mol. The molecule has 0 saturated carbocycles. The third-order valence-corrected chi connectivity index (χ3v) is 5.95. The Morgan fingerprint density at radius 3 is 2.52 bits per heavy atom. The van der Waals surface area contributed by atoms with Crippen molar-refractivity contribution in [3.8, 4) is 0 Å². The predicted octanol–water partition coefficient (Wildman–Crippen LogP) is 2.70. The number of amides is 1. The van der Waals surface area contributed by atoms with Crippen molar-refractivity contribution >= 4 is 15.9 Å². The van der Waals surface area contributed by atoms with Crippen LogP contribution in [0.1, 0.15) is 55.5 Å². The Morgan fingerprint density at radius 1 is 1.26 bits per heavy atom. The number of benzene rings is 1. The summed E-state index contributed by atoms with van der Waals surface area (Å²) in [6.07, 6.45) is 3.89. The Hall–Kier alpha value is -1.40. The maximum absolute atomic E-state index is 12.7. The minimum atomic E-state index is -3.60. The van der Waals surface area contributed by atoms with E-state index in [1.165, 1.54) is 6.07 Å². The molecule has 2 rings (SSSR count). The molecule has 23 heavy (non-hydrogen) atoms. The van der Waals surface area contributed by atoms with Crippen LogP contribution in [-0.4, -0.2) is 38.4 Å². The summed E-state index contributed by atoms with van der Waals surface area (Å²) in [5, 5.41) is 0. The van der Waals surface area contributed by atoms with E-state index in [1.54, 1.807) is 12.1 Å². The Kier molecular flexibility index (Phi) is 5.81. The number of rotatable bonds is 5. The van der Waals surface area contributed by atoms with Gasteiger partial charge in [0.1, 0.15) is 0 Å². The van der Waals surface area contributed by atoms with Crippen LogP contribution in [0.25, 0.3) is 0 Å². The van der Waals surface area contributed by atoms with E-state index >= 15 is 0 Å². The molecule has 1 saturated heterocycles. The number of carbonyl (C=O) groups is 1. The average molecular weight is 338 g/mol. The third kappa shape index (κ3) is 4.32. The molecule has 1 fully saturated rings. The molecule has 1 atom stereocenters. The standard InChI is InChI=1S/C17H26N2O3S/c1-4-14(3)18-23(21,22)15-9-8-13(2)16(12-15)17(20)19-10-6-5-7-11-19/h8-9,12,14,18H,4-7,10-11H2,1-3H3/t14-/m1/s1. The highest BCUT2D eigenvalue weighted by Crippen LogP contribution is 2.20. The highest BCUT2D eigenvalue weighted by atomic mass is 32.2. The summed E-state index contributed by atoms with van der Waals surface area (Å²) in [6, 6.07) is 4.65. The van der Waals surface area contributed by atoms with Gasteiger partial charge in [0.05, 0.1) is 4.90 Å². The smallest absolute Gasteiger partial charge is 0.254 e. The average Bonchev–Trinajstić information content (AvgIpc) is 2.54. The van der Waals surface area contributed by atoms with Crippen LogP contribution in [0.4, 0.5) is 0 Å². The highest BCUT2D eigenvalue weighted by Gasteiger charge is 2.23. The van der Waals surface area contributed by atoms with Crippen molar-refractivity contribution in [2.75, 3.05) is 13.1 Å². The first-order chi connectivity index (χ1) is 10.8. The summed E-state index contributed by atoms with van der Waals surface area (Å²) in [5.74, 6) is -0.0669. The second-order valence-corrected chi connectivity index (χ2v) is 7.97. The SMILES string of the molecule is CC[C@@H](C)NS(=O)(=O)c1ccc(C)c(C(=O)N2CCCCC2)c1. The highest BCUT2D eigenvalue weighted by molar-refractivity contribution is 7.89. The Bertz CT molecular complexity index is 664. The molecule has 1 aliphatic rings. The minimum absolute atomic E-state index is 0.0669. The number of nitrogens with zero attached hydrogens (tertiary/aromatic N) is 1. The lowest BCUT2D eigenvalue weighted by Gasteiger charge is -2.27. The second-order valence-electron chi connectivity index (χ2n) is 6.26. The van der Waals surface area contributed by atoms with Crippen molar-refractivity contribution in [2.24, 2.45) is 0 Å². The van der Waals surface area contributed by atoms with Crippen LogP contribution < -0.4 is 4.72 Å². The number of piperidine rings is 1. The molecule has 1 aromatic carbocycles. The number of nitrogens with one attached hydrogen (secondary N) is 1. The quantitative estimate of drug-likeness (QED) is 0.897. The molecule has 5 nitrogen and oxygen atoms in total. The molecule has 6 heteroatoms. The molecule has 1 aromatic rings. The lowest BCUT2D eigenvalue weighted by molar-refractivity contribution is 0.0723. The normalized spacial score (nSPS) is 17.1. The second kappa shape index (κ2) is 7.45. The molecule has 1 aliphatic heterocycles. The van der Waals surface area contributed by atoms with Gasteiger partial charge in [-0.15, -0.1) is 0 Å². The molecule has 0 unspecified atom stereocenters. The largest absolute Gasteiger partial charge is 0.339 e. The van der Waals surface area contributed by atoms with Crippen LogP contribution in [0, 0.1) is 6.92 Å². The van der Waals surface area contributed by atoms with Gasteiger partial charge in [-0.05, 0) is 57.2 Å². The summed E-state index contributed by atoms with van der Waals surface area (Å²) in [4.78, 5) is 14.7. The maximum Gasteiger partial charge on any atom is 0.254 e. The van der Waals surface area contributed by atoms with Crippen molar-refractivity contribution in [1.29, 1.82) is 0 Å². The van der Waals surface area contributed by atoms with Crippen molar-refractivity contribution in [3.63, 3.8) is 0 Å². The predicted molar refractivity (Wildman–Crippen MR) is 91.0 cm³/mol. The van der Waals surface area contributed by atoms with Crippen molar-refractivity contribution in [1.82, 2.24) is 9.62 Å². The van der Waals surface area contributed by atoms with E-state index in [-0.39, 0.29) is 16.8 Å². The van der Waals surface area contributed by atoms with Gasteiger partial charge in [-0.2, -0.15) is 0 Å². The van der Waals surface area contributed by atoms with Crippen LogP contribution in [0.2, 0.25) is 0 Å². The minimum Gasteiger partial charge on any atom is -0.339 e. The fourth-order valence-electron chi connectivity index (χ4n) is 2.68. The first kappa shape index (κ1) is 17.9. The van der Waals surface area contributed by atoms with E-state index in [4.69, 9.17) is 0 Å². The fourth-order valence-corrected chi connectivity index (χ4v) is 4.03. The van der Waals surface area contributed by atoms with E-state index < -0.39 is 10.0 Å². The van der Waals surface area contributed by atoms with Crippen LogP contribution in [0.3, 0.4) is 0 Å². The topological polar surface area (TPSA) is 66.5 Å². The Morgan fingerprint density at radius 2 is 1.91 bits per heavy atom. The van der Waals surface area contributed by atoms with Crippen molar-refractivity contribution in [2.45, 2.75) is 57.4 Å². The van der Waals surface area contributed by atoms with Gasteiger partial charge < -0.3 is 4.90 Å². The molecule has 1 heterocycles. The molecule has 0 bridgehead atoms. The molecule has 1 N–H and O–H groups in total. The van der Waals surface area contributed by atoms with Crippen LogP contribution >= 0.6 is 0 Å². The summed E-state index contributed by atoms with van der Waals surface area (Å²) >= 11 is 0. The van der Waals surface area contributed by atoms with E-state index in [0.29, 0.717) is 12.0 Å². The first-order valence-electron chi connectivity index (χ1n) is 8.27. The number of aryl methyl sites for hydroxylation is 1. The Balaban J connectivity index is 2.30. The fraction of sp³-hybridized carbons (Fsp3) is 0.588. The van der Waals surface area contributed by atoms with Crippen LogP contribution in [0.5, 0.6) is 0 Å². The van der Waals surface area contributed by atoms with Crippen molar-refractivity contribution in [3.05, 3.63) is 29.3 Å². The van der Waals surface area contributed by atoms with E-state index in [1.807, 2.05) is 25.7 Å². The zero-order valence-electron chi connectivity index (χ0n) is 14.1. The summed E-state index contributed by atoms with van der Waals surface area (Å²) in [7, 11) is -3.60. The van der Waals surface area contributed by atoms with E-state index in [2.05, 4.69) is 4.72 Å². The van der Waals surface area contributed by atoms with Gasteiger partial charge in [0.25, 0.3) is 5.91 Å². The van der Waals surface area contributed by atoms with Gasteiger partial charge in [-0.1, -0.05) is 13.0 Å². The Labute approximate surface area is 139 Å². The van der Waals surface area contributed by atoms with Gasteiger partial charge in [-0.3, -0.25) is 4.79 Å². The number of hydrogen-bond donors (Lipinski definition) is 1.